The molecule has 0 aromatic rings. The fraction of sp³-hybridized carbons (Fsp3) is 0.800. The Bertz CT molecular complexity index is 569. The van der Waals surface area contributed by atoms with Gasteiger partial charge in [-0.05, 0) is 18.3 Å². The number of carboxylic acid groups (broad SMARTS) is 1. The molecule has 3 unspecified atom stereocenters. The van der Waals surface area contributed by atoms with Crippen molar-refractivity contribution in [2.45, 2.75) is 78.0 Å². The maximum atomic E-state index is 12.3. The zero-order valence-corrected chi connectivity index (χ0v) is 18.3. The SMILES string of the molecule is CCC(C)[C@H](N)C(=O)OCC(COC(=O)CCCC(=O)O)OC(=O)[C@@H](N)C(C)CC. The minimum absolute atomic E-state index is 0.0932. The van der Waals surface area contributed by atoms with E-state index in [0.717, 1.165) is 0 Å². The predicted molar refractivity (Wildman–Crippen MR) is 108 cm³/mol. The highest BCUT2D eigenvalue weighted by atomic mass is 16.6. The van der Waals surface area contributed by atoms with Gasteiger partial charge < -0.3 is 30.8 Å². The van der Waals surface area contributed by atoms with E-state index in [0.29, 0.717) is 12.8 Å². The van der Waals surface area contributed by atoms with Gasteiger partial charge in [-0.1, -0.05) is 40.5 Å². The summed E-state index contributed by atoms with van der Waals surface area (Å²) in [6, 6.07) is -1.70. The van der Waals surface area contributed by atoms with Crippen LogP contribution < -0.4 is 11.5 Å². The van der Waals surface area contributed by atoms with E-state index in [1.54, 1.807) is 6.92 Å². The number of ether oxygens (including phenoxy) is 3. The lowest BCUT2D eigenvalue weighted by Gasteiger charge is -2.23. The van der Waals surface area contributed by atoms with E-state index in [-0.39, 0.29) is 44.3 Å². The molecule has 0 heterocycles. The Kier molecular flexibility index (Phi) is 13.7. The van der Waals surface area contributed by atoms with E-state index in [1.807, 2.05) is 20.8 Å². The van der Waals surface area contributed by atoms with Gasteiger partial charge in [0, 0.05) is 12.8 Å². The molecule has 0 saturated carbocycles. The zero-order chi connectivity index (χ0) is 23.3. The highest BCUT2D eigenvalue weighted by Gasteiger charge is 2.27. The van der Waals surface area contributed by atoms with E-state index in [4.69, 9.17) is 30.8 Å². The van der Waals surface area contributed by atoms with E-state index in [9.17, 15) is 19.2 Å². The summed E-state index contributed by atoms with van der Waals surface area (Å²) in [7, 11) is 0. The van der Waals surface area contributed by atoms with Crippen LogP contribution in [0.3, 0.4) is 0 Å². The molecule has 0 saturated heterocycles. The number of hydrogen-bond donors (Lipinski definition) is 3. The van der Waals surface area contributed by atoms with Crippen molar-refractivity contribution in [1.29, 1.82) is 0 Å². The number of nitrogens with two attached hydrogens (primary N) is 2. The van der Waals surface area contributed by atoms with Crippen molar-refractivity contribution in [3.05, 3.63) is 0 Å². The van der Waals surface area contributed by atoms with Gasteiger partial charge in [-0.15, -0.1) is 0 Å². The molecule has 0 fully saturated rings. The molecule has 174 valence electrons. The minimum atomic E-state index is -1.05. The lowest BCUT2D eigenvalue weighted by molar-refractivity contribution is -0.169. The molecular weight excluding hydrogens is 396 g/mol. The molecule has 10 nitrogen and oxygen atoms in total. The van der Waals surface area contributed by atoms with Gasteiger partial charge in [0.05, 0.1) is 0 Å². The van der Waals surface area contributed by atoms with Gasteiger partial charge in [-0.25, -0.2) is 0 Å². The summed E-state index contributed by atoms with van der Waals surface area (Å²) in [5.74, 6) is -3.23. The van der Waals surface area contributed by atoms with Gasteiger partial charge >= 0.3 is 23.9 Å². The average Bonchev–Trinajstić information content (AvgIpc) is 2.72. The number of carbonyl (C=O) groups excluding carboxylic acids is 3. The molecule has 0 aliphatic heterocycles. The Morgan fingerprint density at radius 1 is 0.833 bits per heavy atom. The van der Waals surface area contributed by atoms with Crippen LogP contribution in [-0.2, 0) is 33.4 Å². The molecule has 5 N–H and O–H groups in total. The largest absolute Gasteiger partial charge is 0.481 e. The first kappa shape index (κ1) is 27.8. The first-order chi connectivity index (χ1) is 14.0. The van der Waals surface area contributed by atoms with Crippen molar-refractivity contribution in [3.63, 3.8) is 0 Å². The second-order valence-electron chi connectivity index (χ2n) is 7.44. The first-order valence-corrected chi connectivity index (χ1v) is 10.3. The minimum Gasteiger partial charge on any atom is -0.481 e. The Morgan fingerprint density at radius 2 is 1.33 bits per heavy atom. The van der Waals surface area contributed by atoms with Crippen LogP contribution in [0.15, 0.2) is 0 Å². The second-order valence-corrected chi connectivity index (χ2v) is 7.44. The zero-order valence-electron chi connectivity index (χ0n) is 18.3. The lowest BCUT2D eigenvalue weighted by atomic mass is 10.0. The van der Waals surface area contributed by atoms with Crippen LogP contribution in [0.1, 0.15) is 59.8 Å². The van der Waals surface area contributed by atoms with Gasteiger partial charge in [0.25, 0.3) is 0 Å². The van der Waals surface area contributed by atoms with E-state index >= 15 is 0 Å². The summed E-state index contributed by atoms with van der Waals surface area (Å²) < 4.78 is 15.5. The predicted octanol–water partition coefficient (Wildman–Crippen LogP) is 0.986. The third-order valence-corrected chi connectivity index (χ3v) is 4.95. The standard InChI is InChI=1S/C20H36N2O8/c1-5-12(3)17(21)19(26)29-11-14(30-20(27)18(22)13(4)6-2)10-28-16(25)9-7-8-15(23)24/h12-14,17-18H,5-11,21-22H2,1-4H3,(H,23,24)/t12?,13?,14?,17-,18-/m0/s1. The van der Waals surface area contributed by atoms with Crippen LogP contribution in [0.5, 0.6) is 0 Å². The van der Waals surface area contributed by atoms with Crippen LogP contribution in [0.25, 0.3) is 0 Å². The summed E-state index contributed by atoms with van der Waals surface area (Å²) in [6.45, 7) is 6.69. The Balaban J connectivity index is 4.87. The number of rotatable bonds is 15. The quantitative estimate of drug-likeness (QED) is 0.250. The summed E-state index contributed by atoms with van der Waals surface area (Å²) in [5, 5.41) is 8.60. The first-order valence-electron chi connectivity index (χ1n) is 10.3. The van der Waals surface area contributed by atoms with Crippen LogP contribution >= 0.6 is 0 Å². The van der Waals surface area contributed by atoms with Gasteiger partial charge in [0.1, 0.15) is 25.3 Å². The Labute approximate surface area is 177 Å². The molecule has 0 aliphatic rings. The van der Waals surface area contributed by atoms with Gasteiger partial charge in [-0.2, -0.15) is 0 Å². The maximum absolute atomic E-state index is 12.3. The fourth-order valence-corrected chi connectivity index (χ4v) is 2.24. The van der Waals surface area contributed by atoms with Crippen molar-refractivity contribution < 1.29 is 38.5 Å². The highest BCUT2D eigenvalue weighted by molar-refractivity contribution is 5.77. The van der Waals surface area contributed by atoms with Crippen molar-refractivity contribution in [2.75, 3.05) is 13.2 Å². The third-order valence-electron chi connectivity index (χ3n) is 4.95. The molecule has 0 aromatic heterocycles. The number of hydrogen-bond acceptors (Lipinski definition) is 9. The van der Waals surface area contributed by atoms with Gasteiger partial charge in [-0.3, -0.25) is 19.2 Å². The summed E-state index contributed by atoms with van der Waals surface area (Å²) in [6.07, 6.45) is 0.158. The number of aliphatic carboxylic acids is 1. The Morgan fingerprint density at radius 3 is 1.83 bits per heavy atom. The van der Waals surface area contributed by atoms with Gasteiger partial charge in [0.15, 0.2) is 6.10 Å². The molecular formula is C20H36N2O8. The van der Waals surface area contributed by atoms with E-state index < -0.39 is 42.1 Å². The lowest BCUT2D eigenvalue weighted by Crippen LogP contribution is -2.43. The van der Waals surface area contributed by atoms with Crippen molar-refractivity contribution >= 4 is 23.9 Å². The molecule has 0 amide bonds. The van der Waals surface area contributed by atoms with Crippen LogP contribution in [-0.4, -0.2) is 60.4 Å². The van der Waals surface area contributed by atoms with Crippen LogP contribution in [0.4, 0.5) is 0 Å². The molecule has 0 spiro atoms. The molecule has 0 rings (SSSR count). The number of esters is 3. The number of carboxylic acids is 1. The normalized spacial score (nSPS) is 15.9. The molecule has 10 heteroatoms. The Hall–Kier alpha value is -2.20. The summed E-state index contributed by atoms with van der Waals surface area (Å²) in [5.41, 5.74) is 11.7. The van der Waals surface area contributed by atoms with E-state index in [1.165, 1.54) is 0 Å². The van der Waals surface area contributed by atoms with Crippen LogP contribution in [0.2, 0.25) is 0 Å². The van der Waals surface area contributed by atoms with Crippen LogP contribution in [0, 0.1) is 11.8 Å². The third kappa shape index (κ3) is 11.1. The maximum Gasteiger partial charge on any atom is 0.323 e. The summed E-state index contributed by atoms with van der Waals surface area (Å²) >= 11 is 0. The second kappa shape index (κ2) is 14.7. The average molecular weight is 433 g/mol. The van der Waals surface area contributed by atoms with E-state index in [2.05, 4.69) is 0 Å². The summed E-state index contributed by atoms with van der Waals surface area (Å²) in [4.78, 5) is 46.6. The molecule has 30 heavy (non-hydrogen) atoms. The fourth-order valence-electron chi connectivity index (χ4n) is 2.24. The molecule has 0 aromatic carbocycles. The molecule has 0 radical (unpaired) electrons. The molecule has 0 bridgehead atoms. The van der Waals surface area contributed by atoms with Crippen molar-refractivity contribution in [1.82, 2.24) is 0 Å². The highest BCUT2D eigenvalue weighted by Crippen LogP contribution is 2.11. The van der Waals surface area contributed by atoms with Gasteiger partial charge in [0.2, 0.25) is 0 Å². The van der Waals surface area contributed by atoms with Crippen molar-refractivity contribution in [2.24, 2.45) is 23.3 Å². The topological polar surface area (TPSA) is 168 Å². The monoisotopic (exact) mass is 432 g/mol. The van der Waals surface area contributed by atoms with Crippen molar-refractivity contribution in [3.8, 4) is 0 Å². The number of carbonyl (C=O) groups is 4. The smallest absolute Gasteiger partial charge is 0.323 e. The molecule has 0 aliphatic carbocycles. The molecule has 5 atom stereocenters.